The summed E-state index contributed by atoms with van der Waals surface area (Å²) in [4.78, 5) is 37.7. The van der Waals surface area contributed by atoms with Crippen molar-refractivity contribution < 1.29 is 23.5 Å². The molecular weight excluding hydrogens is 585 g/mol. The van der Waals surface area contributed by atoms with Crippen LogP contribution in [0.1, 0.15) is 52.1 Å². The topological polar surface area (TPSA) is 79.6 Å². The van der Waals surface area contributed by atoms with Crippen LogP contribution in [0, 0.1) is 5.82 Å². The molecule has 0 bridgehead atoms. The summed E-state index contributed by atoms with van der Waals surface area (Å²) in [6.07, 6.45) is 9.92. The monoisotopic (exact) mass is 623 g/mol. The maximum absolute atomic E-state index is 13.6. The first kappa shape index (κ1) is 30.0. The molecule has 7 rings (SSSR count). The first-order valence-corrected chi connectivity index (χ1v) is 16.1. The number of halogens is 1. The lowest BCUT2D eigenvalue weighted by molar-refractivity contribution is 0.0630. The van der Waals surface area contributed by atoms with Gasteiger partial charge in [0.2, 0.25) is 0 Å². The highest BCUT2D eigenvalue weighted by atomic mass is 19.1. The fourth-order valence-electron chi connectivity index (χ4n) is 6.73. The average Bonchev–Trinajstić information content (AvgIpc) is 3.69. The number of amides is 2. The van der Waals surface area contributed by atoms with E-state index in [2.05, 4.69) is 11.0 Å². The highest BCUT2D eigenvalue weighted by molar-refractivity contribution is 6.01. The molecule has 3 aliphatic rings. The molecule has 2 aromatic heterocycles. The number of methoxy groups -OCH3 is 1. The number of benzene rings is 2. The van der Waals surface area contributed by atoms with Crippen LogP contribution in [-0.2, 0) is 0 Å². The van der Waals surface area contributed by atoms with Crippen LogP contribution in [0.3, 0.4) is 0 Å². The Morgan fingerprint density at radius 2 is 1.83 bits per heavy atom. The van der Waals surface area contributed by atoms with Crippen LogP contribution in [0.2, 0.25) is 0 Å². The summed E-state index contributed by atoms with van der Waals surface area (Å²) in [5, 5.41) is 0. The Labute approximate surface area is 267 Å². The summed E-state index contributed by atoms with van der Waals surface area (Å²) in [7, 11) is 1.61. The normalized spacial score (nSPS) is 18.0. The third-order valence-corrected chi connectivity index (χ3v) is 9.26. The Hall–Kier alpha value is -4.70. The summed E-state index contributed by atoms with van der Waals surface area (Å²) in [6, 6.07) is 15.8. The molecule has 3 aliphatic heterocycles. The zero-order valence-electron chi connectivity index (χ0n) is 26.0. The number of imidazole rings is 1. The molecule has 0 saturated carbocycles. The predicted octanol–water partition coefficient (Wildman–Crippen LogP) is 5.40. The van der Waals surface area contributed by atoms with E-state index in [1.807, 2.05) is 56.8 Å². The van der Waals surface area contributed by atoms with E-state index >= 15 is 0 Å². The number of piperazine rings is 1. The Morgan fingerprint density at radius 3 is 2.63 bits per heavy atom. The van der Waals surface area contributed by atoms with Gasteiger partial charge >= 0.3 is 0 Å². The van der Waals surface area contributed by atoms with Crippen molar-refractivity contribution in [2.75, 3.05) is 53.0 Å². The fourth-order valence-corrected chi connectivity index (χ4v) is 6.73. The van der Waals surface area contributed by atoms with Crippen LogP contribution < -0.4 is 9.47 Å². The van der Waals surface area contributed by atoms with Crippen molar-refractivity contribution in [3.8, 4) is 22.9 Å². The third-order valence-electron chi connectivity index (χ3n) is 9.26. The van der Waals surface area contributed by atoms with E-state index in [1.165, 1.54) is 12.1 Å². The van der Waals surface area contributed by atoms with Crippen molar-refractivity contribution in [1.29, 1.82) is 0 Å². The average molecular weight is 624 g/mol. The van der Waals surface area contributed by atoms with Crippen molar-refractivity contribution in [3.63, 3.8) is 0 Å². The number of unbranched alkanes of at least 4 members (excludes halogenated alkanes) is 1. The number of hydrogen-bond donors (Lipinski definition) is 0. The highest BCUT2D eigenvalue weighted by Crippen LogP contribution is 2.35. The number of pyridine rings is 1. The van der Waals surface area contributed by atoms with E-state index in [4.69, 9.17) is 14.5 Å². The predicted molar refractivity (Wildman–Crippen MR) is 174 cm³/mol. The molecule has 2 amide bonds. The number of nitrogens with zero attached hydrogens (tertiary/aromatic N) is 5. The second kappa shape index (κ2) is 13.0. The molecular formula is C36H38FN5O4. The second-order valence-corrected chi connectivity index (χ2v) is 12.1. The SMILES string of the molecule is COc1cc2c(cc1OCCCCN1CCN(C(=O)c3nc(-c4ccc(F)cc4)n4ccccc34)CC1)C=C[C@@H]1CCCN1C2=O. The van der Waals surface area contributed by atoms with Crippen LogP contribution in [-0.4, -0.2) is 94.9 Å². The molecule has 238 valence electrons. The summed E-state index contributed by atoms with van der Waals surface area (Å²) >= 11 is 0. The van der Waals surface area contributed by atoms with Gasteiger partial charge in [0, 0.05) is 44.5 Å². The smallest absolute Gasteiger partial charge is 0.274 e. The molecule has 46 heavy (non-hydrogen) atoms. The molecule has 4 aromatic rings. The molecule has 2 aromatic carbocycles. The Kier molecular flexibility index (Phi) is 8.45. The molecule has 0 aliphatic carbocycles. The molecule has 0 spiro atoms. The van der Waals surface area contributed by atoms with Gasteiger partial charge in [0.15, 0.2) is 17.2 Å². The molecule has 1 atom stereocenters. The van der Waals surface area contributed by atoms with Gasteiger partial charge < -0.3 is 19.3 Å². The molecule has 2 fully saturated rings. The van der Waals surface area contributed by atoms with Gasteiger partial charge in [-0.25, -0.2) is 9.37 Å². The van der Waals surface area contributed by atoms with Crippen LogP contribution >= 0.6 is 0 Å². The van der Waals surface area contributed by atoms with Gasteiger partial charge in [0.1, 0.15) is 11.6 Å². The fraction of sp³-hybridized carbons (Fsp3) is 0.361. The van der Waals surface area contributed by atoms with E-state index in [0.29, 0.717) is 48.3 Å². The van der Waals surface area contributed by atoms with Gasteiger partial charge in [-0.05, 0) is 86.3 Å². The quantitative estimate of drug-likeness (QED) is 0.233. The molecule has 9 nitrogen and oxygen atoms in total. The largest absolute Gasteiger partial charge is 0.493 e. The van der Waals surface area contributed by atoms with Crippen molar-refractivity contribution >= 4 is 23.4 Å². The minimum Gasteiger partial charge on any atom is -0.493 e. The minimum absolute atomic E-state index is 0.0576. The van der Waals surface area contributed by atoms with Crippen molar-refractivity contribution in [1.82, 2.24) is 24.1 Å². The van der Waals surface area contributed by atoms with Crippen LogP contribution in [0.15, 0.2) is 66.9 Å². The van der Waals surface area contributed by atoms with Crippen molar-refractivity contribution in [2.45, 2.75) is 31.7 Å². The van der Waals surface area contributed by atoms with Gasteiger partial charge in [-0.3, -0.25) is 18.9 Å². The third kappa shape index (κ3) is 5.85. The summed E-state index contributed by atoms with van der Waals surface area (Å²) in [5.41, 5.74) is 3.44. The van der Waals surface area contributed by atoms with Crippen molar-refractivity contribution in [3.05, 3.63) is 89.5 Å². The van der Waals surface area contributed by atoms with E-state index in [0.717, 1.165) is 68.5 Å². The molecule has 0 unspecified atom stereocenters. The summed E-state index contributed by atoms with van der Waals surface area (Å²) < 4.78 is 27.2. The number of rotatable bonds is 9. The first-order chi connectivity index (χ1) is 22.5. The molecule has 2 saturated heterocycles. The lowest BCUT2D eigenvalue weighted by Crippen LogP contribution is -2.49. The number of hydrogen-bond acceptors (Lipinski definition) is 6. The lowest BCUT2D eigenvalue weighted by atomic mass is 10.1. The highest BCUT2D eigenvalue weighted by Gasteiger charge is 2.32. The number of ether oxygens (including phenoxy) is 2. The van der Waals surface area contributed by atoms with Crippen molar-refractivity contribution in [2.24, 2.45) is 0 Å². The zero-order valence-corrected chi connectivity index (χ0v) is 26.0. The Morgan fingerprint density at radius 1 is 1.00 bits per heavy atom. The molecule has 0 radical (unpaired) electrons. The van der Waals surface area contributed by atoms with E-state index in [1.54, 1.807) is 19.2 Å². The lowest BCUT2D eigenvalue weighted by Gasteiger charge is -2.34. The van der Waals surface area contributed by atoms with Gasteiger partial charge in [0.05, 0.1) is 30.8 Å². The number of carbonyl (C=O) groups is 2. The van der Waals surface area contributed by atoms with Gasteiger partial charge in [-0.15, -0.1) is 0 Å². The maximum Gasteiger partial charge on any atom is 0.274 e. The van der Waals surface area contributed by atoms with Crippen LogP contribution in [0.5, 0.6) is 11.5 Å². The van der Waals surface area contributed by atoms with E-state index in [9.17, 15) is 14.0 Å². The zero-order chi connectivity index (χ0) is 31.6. The second-order valence-electron chi connectivity index (χ2n) is 12.1. The van der Waals surface area contributed by atoms with Crippen LogP contribution in [0.4, 0.5) is 4.39 Å². The first-order valence-electron chi connectivity index (χ1n) is 16.1. The summed E-state index contributed by atoms with van der Waals surface area (Å²) in [5.74, 6) is 1.51. The number of aromatic nitrogens is 2. The maximum atomic E-state index is 13.6. The van der Waals surface area contributed by atoms with Gasteiger partial charge in [-0.2, -0.15) is 0 Å². The summed E-state index contributed by atoms with van der Waals surface area (Å²) in [6.45, 7) is 5.10. The Balaban J connectivity index is 0.912. The van der Waals surface area contributed by atoms with Gasteiger partial charge in [0.25, 0.3) is 11.8 Å². The number of fused-ring (bicyclic) bond motifs is 3. The Bertz CT molecular complexity index is 1780. The van der Waals surface area contributed by atoms with E-state index < -0.39 is 0 Å². The number of carbonyl (C=O) groups excluding carboxylic acids is 2. The van der Waals surface area contributed by atoms with Gasteiger partial charge in [-0.1, -0.05) is 18.2 Å². The van der Waals surface area contributed by atoms with Crippen LogP contribution in [0.25, 0.3) is 23.0 Å². The molecule has 5 heterocycles. The molecule has 10 heteroatoms. The standard InChI is InChI=1S/C36H38FN5O4/c1-45-31-24-29-26(11-14-28-7-6-17-41(28)35(29)43)23-32(31)46-22-5-4-15-39-18-20-40(21-19-39)36(44)33-30-8-2-3-16-42(30)34(38-33)25-9-12-27(37)13-10-25/h2-3,8-14,16,23-24,28H,4-7,15,17-22H2,1H3/t28-/m0/s1. The minimum atomic E-state index is -0.312. The van der Waals surface area contributed by atoms with E-state index in [-0.39, 0.29) is 23.7 Å². The molecule has 0 N–H and O–H groups in total.